The van der Waals surface area contributed by atoms with Gasteiger partial charge >= 0.3 is 0 Å². The number of benzene rings is 2. The summed E-state index contributed by atoms with van der Waals surface area (Å²) in [5.74, 6) is -0.572. The molecule has 1 N–H and O–H groups in total. The second-order valence-electron chi connectivity index (χ2n) is 5.53. The summed E-state index contributed by atoms with van der Waals surface area (Å²) >= 11 is 0. The Morgan fingerprint density at radius 3 is 2.92 bits per heavy atom. The number of hydrogen-bond donors (Lipinski definition) is 1. The highest BCUT2D eigenvalue weighted by Crippen LogP contribution is 2.20. The molecule has 124 valence electrons. The van der Waals surface area contributed by atoms with Crippen molar-refractivity contribution in [1.29, 1.82) is 0 Å². The molecule has 0 bridgehead atoms. The molecule has 1 amide bonds. The van der Waals surface area contributed by atoms with Crippen molar-refractivity contribution >= 4 is 16.8 Å². The lowest BCUT2D eigenvalue weighted by molar-refractivity contribution is 0.0784. The minimum absolute atomic E-state index is 0.0932. The highest BCUT2D eigenvalue weighted by molar-refractivity contribution is 5.94. The maximum Gasteiger partial charge on any atom is 0.254 e. The molecule has 0 radical (unpaired) electrons. The third kappa shape index (κ3) is 3.22. The molecule has 3 rings (SSSR count). The summed E-state index contributed by atoms with van der Waals surface area (Å²) in [5, 5.41) is 7.92. The van der Waals surface area contributed by atoms with Crippen molar-refractivity contribution in [2.75, 3.05) is 13.7 Å². The van der Waals surface area contributed by atoms with Gasteiger partial charge < -0.3 is 9.64 Å². The first-order valence-corrected chi connectivity index (χ1v) is 7.68. The maximum absolute atomic E-state index is 13.6. The number of halogens is 1. The molecule has 0 spiro atoms. The molecule has 3 aromatic rings. The van der Waals surface area contributed by atoms with Crippen LogP contribution in [0.5, 0.6) is 5.75 Å². The summed E-state index contributed by atoms with van der Waals surface area (Å²) in [7, 11) is 1.71. The molecule has 1 aromatic heterocycles. The van der Waals surface area contributed by atoms with Gasteiger partial charge in [-0.25, -0.2) is 4.39 Å². The zero-order chi connectivity index (χ0) is 17.1. The van der Waals surface area contributed by atoms with Gasteiger partial charge in [-0.05, 0) is 36.8 Å². The van der Waals surface area contributed by atoms with Crippen molar-refractivity contribution in [1.82, 2.24) is 15.1 Å². The minimum Gasteiger partial charge on any atom is -0.491 e. The van der Waals surface area contributed by atoms with Gasteiger partial charge in [0, 0.05) is 24.5 Å². The molecule has 0 aliphatic rings. The molecule has 5 nitrogen and oxygen atoms in total. The van der Waals surface area contributed by atoms with Crippen molar-refractivity contribution in [2.45, 2.75) is 13.5 Å². The molecule has 0 aliphatic carbocycles. The molecule has 0 fully saturated rings. The second kappa shape index (κ2) is 6.70. The van der Waals surface area contributed by atoms with Crippen LogP contribution in [0.3, 0.4) is 0 Å². The number of aromatic amines is 1. The topological polar surface area (TPSA) is 58.2 Å². The van der Waals surface area contributed by atoms with Crippen LogP contribution in [0.2, 0.25) is 0 Å². The minimum atomic E-state index is -0.472. The zero-order valence-electron chi connectivity index (χ0n) is 13.5. The number of amides is 1. The predicted octanol–water partition coefficient (Wildman–Crippen LogP) is 3.37. The number of rotatable bonds is 5. The highest BCUT2D eigenvalue weighted by atomic mass is 19.1. The van der Waals surface area contributed by atoms with Gasteiger partial charge in [-0.15, -0.1) is 0 Å². The van der Waals surface area contributed by atoms with Crippen molar-refractivity contribution in [3.63, 3.8) is 0 Å². The Bertz CT molecular complexity index is 876. The van der Waals surface area contributed by atoms with E-state index in [4.69, 9.17) is 4.74 Å². The number of ether oxygens (including phenoxy) is 1. The van der Waals surface area contributed by atoms with Crippen molar-refractivity contribution in [2.24, 2.45) is 0 Å². The number of fused-ring (bicyclic) bond motifs is 1. The lowest BCUT2D eigenvalue weighted by Crippen LogP contribution is -2.26. The van der Waals surface area contributed by atoms with Crippen molar-refractivity contribution in [3.8, 4) is 5.75 Å². The standard InChI is InChI=1S/C18H18FN3O2/c1-3-24-17-9-13(6-7-15(17)19)18(23)22(2)11-12-4-5-14-10-20-21-16(14)8-12/h4-10H,3,11H2,1-2H3,(H,20,21). The Balaban J connectivity index is 1.77. The summed E-state index contributed by atoms with van der Waals surface area (Å²) in [6.07, 6.45) is 1.75. The van der Waals surface area contributed by atoms with E-state index in [2.05, 4.69) is 10.2 Å². The SMILES string of the molecule is CCOc1cc(C(=O)N(C)Cc2ccc3cn[nH]c3c2)ccc1F. The summed E-state index contributed by atoms with van der Waals surface area (Å²) < 4.78 is 18.8. The number of nitrogens with one attached hydrogen (secondary N) is 1. The fourth-order valence-corrected chi connectivity index (χ4v) is 2.55. The highest BCUT2D eigenvalue weighted by Gasteiger charge is 2.15. The second-order valence-corrected chi connectivity index (χ2v) is 5.53. The number of nitrogens with zero attached hydrogens (tertiary/aromatic N) is 2. The third-order valence-electron chi connectivity index (χ3n) is 3.75. The van der Waals surface area contributed by atoms with Crippen LogP contribution in [0.1, 0.15) is 22.8 Å². The van der Waals surface area contributed by atoms with Crippen LogP contribution in [-0.2, 0) is 6.54 Å². The lowest BCUT2D eigenvalue weighted by atomic mass is 10.1. The van der Waals surface area contributed by atoms with E-state index >= 15 is 0 Å². The summed E-state index contributed by atoms with van der Waals surface area (Å²) in [4.78, 5) is 14.1. The molecular weight excluding hydrogens is 309 g/mol. The molecule has 24 heavy (non-hydrogen) atoms. The van der Waals surface area contributed by atoms with Gasteiger partial charge in [-0.3, -0.25) is 9.89 Å². The van der Waals surface area contributed by atoms with Gasteiger partial charge in [-0.1, -0.05) is 12.1 Å². The molecule has 2 aromatic carbocycles. The first kappa shape index (κ1) is 16.0. The van der Waals surface area contributed by atoms with E-state index in [1.165, 1.54) is 18.2 Å². The van der Waals surface area contributed by atoms with Crippen LogP contribution in [-0.4, -0.2) is 34.7 Å². The summed E-state index contributed by atoms with van der Waals surface area (Å²) in [6, 6.07) is 10.0. The van der Waals surface area contributed by atoms with Crippen molar-refractivity contribution in [3.05, 3.63) is 59.5 Å². The Labute approximate surface area is 139 Å². The summed E-state index contributed by atoms with van der Waals surface area (Å²) in [6.45, 7) is 2.55. The Morgan fingerprint density at radius 1 is 1.29 bits per heavy atom. The zero-order valence-corrected chi connectivity index (χ0v) is 13.5. The Morgan fingerprint density at radius 2 is 2.12 bits per heavy atom. The van der Waals surface area contributed by atoms with E-state index in [1.807, 2.05) is 18.2 Å². The van der Waals surface area contributed by atoms with Gasteiger partial charge in [0.1, 0.15) is 0 Å². The quantitative estimate of drug-likeness (QED) is 0.781. The predicted molar refractivity (Wildman–Crippen MR) is 89.5 cm³/mol. The molecule has 1 heterocycles. The van der Waals surface area contributed by atoms with Crippen LogP contribution in [0.15, 0.2) is 42.6 Å². The van der Waals surface area contributed by atoms with E-state index in [1.54, 1.807) is 25.1 Å². The number of carbonyl (C=O) groups excluding carboxylic acids is 1. The van der Waals surface area contributed by atoms with Crippen LogP contribution >= 0.6 is 0 Å². The summed E-state index contributed by atoms with van der Waals surface area (Å²) in [5.41, 5.74) is 2.30. The van der Waals surface area contributed by atoms with Gasteiger partial charge in [0.15, 0.2) is 11.6 Å². The first-order valence-electron chi connectivity index (χ1n) is 7.68. The normalized spacial score (nSPS) is 10.8. The lowest BCUT2D eigenvalue weighted by Gasteiger charge is -2.18. The van der Waals surface area contributed by atoms with Gasteiger partial charge in [0.25, 0.3) is 5.91 Å². The van der Waals surface area contributed by atoms with E-state index < -0.39 is 5.82 Å². The van der Waals surface area contributed by atoms with Gasteiger partial charge in [0.2, 0.25) is 0 Å². The number of hydrogen-bond acceptors (Lipinski definition) is 3. The van der Waals surface area contributed by atoms with Gasteiger partial charge in [-0.2, -0.15) is 5.10 Å². The molecule has 0 saturated carbocycles. The molecule has 0 saturated heterocycles. The van der Waals surface area contributed by atoms with Crippen LogP contribution in [0.4, 0.5) is 4.39 Å². The Hall–Kier alpha value is -2.89. The maximum atomic E-state index is 13.6. The first-order chi connectivity index (χ1) is 11.6. The largest absolute Gasteiger partial charge is 0.491 e. The fourth-order valence-electron chi connectivity index (χ4n) is 2.55. The van der Waals surface area contributed by atoms with E-state index in [0.717, 1.165) is 16.5 Å². The molecule has 0 unspecified atom stereocenters. The van der Waals surface area contributed by atoms with Crippen LogP contribution in [0.25, 0.3) is 10.9 Å². The van der Waals surface area contributed by atoms with E-state index in [0.29, 0.717) is 18.7 Å². The molecular formula is C18H18FN3O2. The monoisotopic (exact) mass is 327 g/mol. The van der Waals surface area contributed by atoms with Crippen LogP contribution in [0, 0.1) is 5.82 Å². The van der Waals surface area contributed by atoms with Crippen molar-refractivity contribution < 1.29 is 13.9 Å². The number of aromatic nitrogens is 2. The van der Waals surface area contributed by atoms with Gasteiger partial charge in [0.05, 0.1) is 18.3 Å². The molecule has 0 atom stereocenters. The molecule has 6 heteroatoms. The van der Waals surface area contributed by atoms with Crippen LogP contribution < -0.4 is 4.74 Å². The Kier molecular flexibility index (Phi) is 4.46. The number of carbonyl (C=O) groups is 1. The smallest absolute Gasteiger partial charge is 0.254 e. The number of H-pyrrole nitrogens is 1. The van der Waals surface area contributed by atoms with E-state index in [9.17, 15) is 9.18 Å². The molecule has 0 aliphatic heterocycles. The van der Waals surface area contributed by atoms with E-state index in [-0.39, 0.29) is 11.7 Å². The average Bonchev–Trinajstić information content (AvgIpc) is 3.04. The average molecular weight is 327 g/mol. The third-order valence-corrected chi connectivity index (χ3v) is 3.75. The fraction of sp³-hybridized carbons (Fsp3) is 0.222.